The number of methoxy groups -OCH3 is 1. The minimum atomic E-state index is -0.980. The minimum absolute atomic E-state index is 0.0542. The maximum atomic E-state index is 14.5. The summed E-state index contributed by atoms with van der Waals surface area (Å²) in [6, 6.07) is 17.7. The first-order chi connectivity index (χ1) is 19.8. The number of amides is 2. The number of hydrogen-bond acceptors (Lipinski definition) is 6. The van der Waals surface area contributed by atoms with Gasteiger partial charge in [-0.3, -0.25) is 14.5 Å². The number of benzene rings is 3. The van der Waals surface area contributed by atoms with Gasteiger partial charge in [-0.1, -0.05) is 31.0 Å². The Hall–Kier alpha value is -4.24. The number of ether oxygens (including phenoxy) is 1. The number of nitrogens with two attached hydrogens (primary N) is 1. The number of anilines is 2. The molecule has 4 aromatic rings. The van der Waals surface area contributed by atoms with E-state index in [9.17, 15) is 14.0 Å². The van der Waals surface area contributed by atoms with Crippen LogP contribution in [-0.2, 0) is 4.79 Å². The van der Waals surface area contributed by atoms with Gasteiger partial charge in [-0.15, -0.1) is 0 Å². The molecule has 0 radical (unpaired) electrons. The summed E-state index contributed by atoms with van der Waals surface area (Å²) < 4.78 is 23.4. The Balaban J connectivity index is 1.63. The van der Waals surface area contributed by atoms with Crippen LogP contribution in [0.3, 0.4) is 0 Å². The smallest absolute Gasteiger partial charge is 0.273 e. The maximum absolute atomic E-state index is 14.5. The second-order valence-electron chi connectivity index (χ2n) is 10.4. The zero-order valence-electron chi connectivity index (χ0n) is 23.3. The number of rotatable bonds is 8. The van der Waals surface area contributed by atoms with Crippen LogP contribution in [-0.4, -0.2) is 29.3 Å². The monoisotopic (exact) mass is 572 g/mol. The largest absolute Gasteiger partial charge is 0.497 e. The van der Waals surface area contributed by atoms with Crippen molar-refractivity contribution in [1.29, 1.82) is 0 Å². The summed E-state index contributed by atoms with van der Waals surface area (Å²) in [6.07, 6.45) is 3.92. The van der Waals surface area contributed by atoms with Crippen molar-refractivity contribution in [2.75, 3.05) is 17.7 Å². The summed E-state index contributed by atoms with van der Waals surface area (Å²) in [4.78, 5) is 30.3. The first kappa shape index (κ1) is 28.3. The van der Waals surface area contributed by atoms with Crippen LogP contribution in [0.2, 0.25) is 0 Å². The zero-order valence-corrected chi connectivity index (χ0v) is 24.1. The first-order valence-electron chi connectivity index (χ1n) is 13.6. The third kappa shape index (κ3) is 5.95. The Kier molecular flexibility index (Phi) is 8.35. The van der Waals surface area contributed by atoms with Crippen LogP contribution < -0.4 is 20.7 Å². The summed E-state index contributed by atoms with van der Waals surface area (Å²) in [5.41, 5.74) is 10.9. The highest BCUT2D eigenvalue weighted by Gasteiger charge is 2.37. The van der Waals surface area contributed by atoms with Gasteiger partial charge in [-0.05, 0) is 103 Å². The average Bonchev–Trinajstić information content (AvgIpc) is 3.63. The molecular weight excluding hydrogens is 539 g/mol. The predicted octanol–water partition coefficient (Wildman–Crippen LogP) is 6.60. The third-order valence-electron chi connectivity index (χ3n) is 7.67. The molecule has 0 unspecified atom stereocenters. The first-order valence-corrected chi connectivity index (χ1v) is 14.4. The van der Waals surface area contributed by atoms with Gasteiger partial charge in [0.05, 0.1) is 12.8 Å². The van der Waals surface area contributed by atoms with Crippen LogP contribution in [0.1, 0.15) is 58.1 Å². The Morgan fingerprint density at radius 1 is 1.02 bits per heavy atom. The fourth-order valence-electron chi connectivity index (χ4n) is 5.19. The number of halogens is 1. The summed E-state index contributed by atoms with van der Waals surface area (Å²) in [5.74, 6) is -0.451. The van der Waals surface area contributed by atoms with Crippen LogP contribution in [0, 0.1) is 19.7 Å². The normalized spacial score (nSPS) is 14.0. The van der Waals surface area contributed by atoms with Gasteiger partial charge in [-0.2, -0.15) is 4.37 Å². The second-order valence-corrected chi connectivity index (χ2v) is 11.2. The van der Waals surface area contributed by atoms with Gasteiger partial charge in [0.2, 0.25) is 5.91 Å². The van der Waals surface area contributed by atoms with Crippen molar-refractivity contribution < 1.29 is 18.7 Å². The second kappa shape index (κ2) is 12.1. The molecule has 1 atom stereocenters. The summed E-state index contributed by atoms with van der Waals surface area (Å²) in [6.45, 7) is 3.96. The number of carbonyl (C=O) groups is 2. The average molecular weight is 573 g/mol. The minimum Gasteiger partial charge on any atom is -0.497 e. The quantitative estimate of drug-likeness (QED) is 0.248. The van der Waals surface area contributed by atoms with Gasteiger partial charge in [-0.25, -0.2) is 4.39 Å². The van der Waals surface area contributed by atoms with E-state index in [0.29, 0.717) is 28.3 Å². The number of nitrogen functional groups attached to an aromatic ring is 1. The number of aryl methyl sites for hydroxylation is 2. The summed E-state index contributed by atoms with van der Waals surface area (Å²) >= 11 is 0.965. The Morgan fingerprint density at radius 3 is 2.34 bits per heavy atom. The van der Waals surface area contributed by atoms with E-state index in [4.69, 9.17) is 10.5 Å². The van der Waals surface area contributed by atoms with Crippen molar-refractivity contribution in [3.8, 4) is 17.0 Å². The third-order valence-corrected chi connectivity index (χ3v) is 8.52. The Bertz CT molecular complexity index is 1550. The van der Waals surface area contributed by atoms with Gasteiger partial charge in [0.25, 0.3) is 5.91 Å². The van der Waals surface area contributed by atoms with Crippen LogP contribution in [0.15, 0.2) is 66.7 Å². The van der Waals surface area contributed by atoms with Crippen LogP contribution in [0.5, 0.6) is 5.75 Å². The lowest BCUT2D eigenvalue weighted by atomic mass is 10.0. The van der Waals surface area contributed by atoms with Crippen molar-refractivity contribution >= 4 is 34.7 Å². The highest BCUT2D eigenvalue weighted by Crippen LogP contribution is 2.37. The summed E-state index contributed by atoms with van der Waals surface area (Å²) in [7, 11) is 1.58. The number of nitrogens with zero attached hydrogens (tertiary/aromatic N) is 2. The van der Waals surface area contributed by atoms with Gasteiger partial charge in [0.1, 0.15) is 28.2 Å². The molecule has 1 aliphatic rings. The molecular formula is C32H33FN4O3S. The highest BCUT2D eigenvalue weighted by molar-refractivity contribution is 7.09. The molecule has 3 aromatic carbocycles. The molecule has 3 N–H and O–H groups in total. The molecule has 1 heterocycles. The van der Waals surface area contributed by atoms with E-state index in [1.165, 1.54) is 17.0 Å². The van der Waals surface area contributed by atoms with E-state index < -0.39 is 11.9 Å². The van der Waals surface area contributed by atoms with Gasteiger partial charge in [0, 0.05) is 17.3 Å². The Morgan fingerprint density at radius 2 is 1.71 bits per heavy atom. The van der Waals surface area contributed by atoms with Crippen molar-refractivity contribution in [3.63, 3.8) is 0 Å². The zero-order chi connectivity index (χ0) is 29.1. The topological polar surface area (TPSA) is 97.5 Å². The van der Waals surface area contributed by atoms with Crippen molar-refractivity contribution in [2.24, 2.45) is 0 Å². The lowest BCUT2D eigenvalue weighted by molar-refractivity contribution is -0.123. The Labute approximate surface area is 243 Å². The van der Waals surface area contributed by atoms with Gasteiger partial charge in [0.15, 0.2) is 0 Å². The molecule has 1 fully saturated rings. The van der Waals surface area contributed by atoms with E-state index >= 15 is 0 Å². The van der Waals surface area contributed by atoms with E-state index in [2.05, 4.69) is 9.69 Å². The van der Waals surface area contributed by atoms with Crippen molar-refractivity contribution in [1.82, 2.24) is 9.69 Å². The molecule has 1 aromatic heterocycles. The molecule has 0 aliphatic heterocycles. The standard InChI is InChI=1S/C32H33FN4O3S/c1-19-8-15-25(18-20(19)2)37(32(39)30-27(34)28(36-41-30)21-9-13-23(33)14-10-21)29(22-11-16-26(40-3)17-12-22)31(38)35-24-6-4-5-7-24/h8-18,24,29H,4-7,34H2,1-3H3,(H,35,38)/t29-/m1/s1. The fraction of sp³-hybridized carbons (Fsp3) is 0.281. The van der Waals surface area contributed by atoms with E-state index in [1.54, 1.807) is 43.5 Å². The van der Waals surface area contributed by atoms with E-state index in [1.807, 2.05) is 32.0 Å². The maximum Gasteiger partial charge on any atom is 0.273 e. The van der Waals surface area contributed by atoms with E-state index in [-0.39, 0.29) is 28.3 Å². The van der Waals surface area contributed by atoms with Crippen LogP contribution >= 0.6 is 11.5 Å². The molecule has 9 heteroatoms. The molecule has 2 amide bonds. The highest BCUT2D eigenvalue weighted by atomic mass is 32.1. The molecule has 41 heavy (non-hydrogen) atoms. The van der Waals surface area contributed by atoms with Crippen LogP contribution in [0.4, 0.5) is 15.8 Å². The fourth-order valence-corrected chi connectivity index (χ4v) is 5.95. The van der Waals surface area contributed by atoms with Gasteiger partial charge >= 0.3 is 0 Å². The van der Waals surface area contributed by atoms with Crippen LogP contribution in [0.25, 0.3) is 11.3 Å². The van der Waals surface area contributed by atoms with Crippen molar-refractivity contribution in [2.45, 2.75) is 51.6 Å². The molecule has 1 aliphatic carbocycles. The number of nitrogens with one attached hydrogen (secondary N) is 1. The predicted molar refractivity (Wildman–Crippen MR) is 161 cm³/mol. The number of aromatic nitrogens is 1. The molecule has 0 saturated heterocycles. The molecule has 5 rings (SSSR count). The van der Waals surface area contributed by atoms with Gasteiger partial charge < -0.3 is 15.8 Å². The lowest BCUT2D eigenvalue weighted by Gasteiger charge is -2.32. The number of carbonyl (C=O) groups excluding carboxylic acids is 2. The van der Waals surface area contributed by atoms with E-state index in [0.717, 1.165) is 48.3 Å². The number of hydrogen-bond donors (Lipinski definition) is 2. The summed E-state index contributed by atoms with van der Waals surface area (Å²) in [5, 5.41) is 3.20. The lowest BCUT2D eigenvalue weighted by Crippen LogP contribution is -2.46. The molecule has 0 spiro atoms. The molecule has 0 bridgehead atoms. The molecule has 212 valence electrons. The van der Waals surface area contributed by atoms with Crippen molar-refractivity contribution in [3.05, 3.63) is 94.1 Å². The SMILES string of the molecule is COc1ccc([C@H](C(=O)NC2CCCC2)N(C(=O)c2snc(-c3ccc(F)cc3)c2N)c2ccc(C)c(C)c2)cc1. The molecule has 1 saturated carbocycles. The molecule has 7 nitrogen and oxygen atoms in total.